The molecule has 0 spiro atoms. The largest absolute Gasteiger partial charge is 0.350 e. The Morgan fingerprint density at radius 1 is 1.35 bits per heavy atom. The highest BCUT2D eigenvalue weighted by molar-refractivity contribution is 6.33. The number of carbonyl (C=O) groups is 2. The molecule has 1 rings (SSSR count). The molecule has 2 amide bonds. The lowest BCUT2D eigenvalue weighted by atomic mass is 10.1. The number of nitrogens with one attached hydrogen (secondary N) is 1. The summed E-state index contributed by atoms with van der Waals surface area (Å²) in [5, 5.41) is 2.75. The van der Waals surface area contributed by atoms with Gasteiger partial charge in [0.2, 0.25) is 5.91 Å². The first kappa shape index (κ1) is 16.4. The minimum Gasteiger partial charge on any atom is -0.350 e. The van der Waals surface area contributed by atoms with E-state index in [2.05, 4.69) is 5.32 Å². The highest BCUT2D eigenvalue weighted by Crippen LogP contribution is 2.20. The highest BCUT2D eigenvalue weighted by atomic mass is 35.5. The van der Waals surface area contributed by atoms with Gasteiger partial charge in [-0.3, -0.25) is 9.59 Å². The zero-order chi connectivity index (χ0) is 15.5. The highest BCUT2D eigenvalue weighted by Gasteiger charge is 2.22. The molecule has 0 heterocycles. The van der Waals surface area contributed by atoms with Crippen molar-refractivity contribution in [2.45, 2.75) is 26.3 Å². The van der Waals surface area contributed by atoms with E-state index in [0.29, 0.717) is 0 Å². The minimum atomic E-state index is -0.703. The van der Waals surface area contributed by atoms with Crippen molar-refractivity contribution in [2.75, 3.05) is 13.6 Å². The molecule has 0 aliphatic carbocycles. The Morgan fingerprint density at radius 3 is 2.45 bits per heavy atom. The number of halogens is 2. The average Bonchev–Trinajstić information content (AvgIpc) is 2.25. The van der Waals surface area contributed by atoms with Gasteiger partial charge >= 0.3 is 0 Å². The number of hydrogen-bond donors (Lipinski definition) is 1. The van der Waals surface area contributed by atoms with E-state index in [0.717, 1.165) is 11.0 Å². The van der Waals surface area contributed by atoms with Crippen LogP contribution >= 0.6 is 11.6 Å². The Kier molecular flexibility index (Phi) is 5.11. The van der Waals surface area contributed by atoms with Gasteiger partial charge in [0, 0.05) is 12.6 Å². The van der Waals surface area contributed by atoms with Gasteiger partial charge in [-0.05, 0) is 32.9 Å². The standard InChI is InChI=1S/C14H18ClFN2O2/c1-14(2,3)17-11(19)8-18(4)13(20)12-9(15)6-5-7-10(12)16/h5-7H,8H2,1-4H3,(H,17,19). The number of nitrogens with zero attached hydrogens (tertiary/aromatic N) is 1. The van der Waals surface area contributed by atoms with Crippen LogP contribution in [0.1, 0.15) is 31.1 Å². The molecule has 0 atom stereocenters. The van der Waals surface area contributed by atoms with Crippen LogP contribution in [0.15, 0.2) is 18.2 Å². The van der Waals surface area contributed by atoms with Gasteiger partial charge in [0.05, 0.1) is 17.1 Å². The fourth-order valence-electron chi connectivity index (χ4n) is 1.64. The summed E-state index contributed by atoms with van der Waals surface area (Å²) in [6, 6.07) is 4.00. The maximum atomic E-state index is 13.6. The van der Waals surface area contributed by atoms with Crippen molar-refractivity contribution in [3.05, 3.63) is 34.6 Å². The van der Waals surface area contributed by atoms with Crippen LogP contribution in [0.2, 0.25) is 5.02 Å². The van der Waals surface area contributed by atoms with Crippen molar-refractivity contribution in [1.29, 1.82) is 0 Å². The van der Waals surface area contributed by atoms with E-state index in [-0.39, 0.29) is 23.0 Å². The van der Waals surface area contributed by atoms with Crippen LogP contribution < -0.4 is 5.32 Å². The predicted molar refractivity (Wildman–Crippen MR) is 76.3 cm³/mol. The molecule has 0 bridgehead atoms. The molecule has 0 fully saturated rings. The number of rotatable bonds is 3. The lowest BCUT2D eigenvalue weighted by Crippen LogP contribution is -2.46. The fourth-order valence-corrected chi connectivity index (χ4v) is 1.88. The molecule has 0 aliphatic heterocycles. The molecular formula is C14H18ClFN2O2. The van der Waals surface area contributed by atoms with Crippen LogP contribution in [0, 0.1) is 5.82 Å². The summed E-state index contributed by atoms with van der Waals surface area (Å²) in [4.78, 5) is 25.0. The van der Waals surface area contributed by atoms with Gasteiger partial charge in [0.15, 0.2) is 0 Å². The molecule has 6 heteroatoms. The average molecular weight is 301 g/mol. The normalized spacial score (nSPS) is 11.1. The van der Waals surface area contributed by atoms with Gasteiger partial charge in [-0.2, -0.15) is 0 Å². The number of likely N-dealkylation sites (N-methyl/N-ethyl adjacent to an activating group) is 1. The monoisotopic (exact) mass is 300 g/mol. The summed E-state index contributed by atoms with van der Waals surface area (Å²) < 4.78 is 13.6. The topological polar surface area (TPSA) is 49.4 Å². The summed E-state index contributed by atoms with van der Waals surface area (Å²) in [5.41, 5.74) is -0.614. The Hall–Kier alpha value is -1.62. The second kappa shape index (κ2) is 6.22. The third-order valence-corrected chi connectivity index (χ3v) is 2.73. The smallest absolute Gasteiger partial charge is 0.258 e. The Labute approximate surface area is 122 Å². The molecular weight excluding hydrogens is 283 g/mol. The van der Waals surface area contributed by atoms with E-state index in [9.17, 15) is 14.0 Å². The van der Waals surface area contributed by atoms with Crippen LogP contribution in [-0.2, 0) is 4.79 Å². The zero-order valence-electron chi connectivity index (χ0n) is 12.0. The molecule has 20 heavy (non-hydrogen) atoms. The number of hydrogen-bond acceptors (Lipinski definition) is 2. The molecule has 0 aromatic heterocycles. The van der Waals surface area contributed by atoms with Gasteiger partial charge in [-0.15, -0.1) is 0 Å². The van der Waals surface area contributed by atoms with E-state index in [1.165, 1.54) is 19.2 Å². The van der Waals surface area contributed by atoms with Crippen molar-refractivity contribution in [3.8, 4) is 0 Å². The third kappa shape index (κ3) is 4.49. The van der Waals surface area contributed by atoms with Crippen molar-refractivity contribution < 1.29 is 14.0 Å². The molecule has 4 nitrogen and oxygen atoms in total. The molecule has 110 valence electrons. The van der Waals surface area contributed by atoms with E-state index in [4.69, 9.17) is 11.6 Å². The molecule has 1 aromatic carbocycles. The molecule has 1 N–H and O–H groups in total. The second-order valence-electron chi connectivity index (χ2n) is 5.56. The van der Waals surface area contributed by atoms with E-state index < -0.39 is 17.3 Å². The Balaban J connectivity index is 2.80. The number of carbonyl (C=O) groups excluding carboxylic acids is 2. The van der Waals surface area contributed by atoms with Gasteiger partial charge < -0.3 is 10.2 Å². The van der Waals surface area contributed by atoms with Crippen molar-refractivity contribution in [1.82, 2.24) is 10.2 Å². The molecule has 1 aromatic rings. The SMILES string of the molecule is CN(CC(=O)NC(C)(C)C)C(=O)c1c(F)cccc1Cl. The van der Waals surface area contributed by atoms with Crippen molar-refractivity contribution in [2.24, 2.45) is 0 Å². The lowest BCUT2D eigenvalue weighted by molar-refractivity contribution is -0.122. The van der Waals surface area contributed by atoms with Crippen LogP contribution in [-0.4, -0.2) is 35.8 Å². The first-order valence-electron chi connectivity index (χ1n) is 6.12. The molecule has 0 saturated carbocycles. The van der Waals surface area contributed by atoms with Gasteiger partial charge in [-0.1, -0.05) is 17.7 Å². The molecule has 0 aliphatic rings. The maximum absolute atomic E-state index is 13.6. The first-order chi connectivity index (χ1) is 9.11. The second-order valence-corrected chi connectivity index (χ2v) is 5.96. The summed E-state index contributed by atoms with van der Waals surface area (Å²) in [5.74, 6) is -1.65. The van der Waals surface area contributed by atoms with Crippen LogP contribution in [0.25, 0.3) is 0 Å². The fraction of sp³-hybridized carbons (Fsp3) is 0.429. The molecule has 0 saturated heterocycles. The summed E-state index contributed by atoms with van der Waals surface area (Å²) in [7, 11) is 1.42. The zero-order valence-corrected chi connectivity index (χ0v) is 12.7. The Morgan fingerprint density at radius 2 is 1.95 bits per heavy atom. The van der Waals surface area contributed by atoms with E-state index >= 15 is 0 Å². The van der Waals surface area contributed by atoms with Crippen LogP contribution in [0.5, 0.6) is 0 Å². The number of benzene rings is 1. The summed E-state index contributed by atoms with van der Waals surface area (Å²) in [6.07, 6.45) is 0. The van der Waals surface area contributed by atoms with E-state index in [1.807, 2.05) is 20.8 Å². The summed E-state index contributed by atoms with van der Waals surface area (Å²) in [6.45, 7) is 5.34. The quantitative estimate of drug-likeness (QED) is 0.932. The summed E-state index contributed by atoms with van der Waals surface area (Å²) >= 11 is 5.82. The first-order valence-corrected chi connectivity index (χ1v) is 6.50. The number of amides is 2. The molecule has 0 unspecified atom stereocenters. The maximum Gasteiger partial charge on any atom is 0.258 e. The minimum absolute atomic E-state index is 0.0260. The Bertz CT molecular complexity index is 506. The third-order valence-electron chi connectivity index (χ3n) is 2.42. The lowest BCUT2D eigenvalue weighted by Gasteiger charge is -2.23. The van der Waals surface area contributed by atoms with Gasteiger partial charge in [0.1, 0.15) is 5.82 Å². The van der Waals surface area contributed by atoms with Crippen molar-refractivity contribution in [3.63, 3.8) is 0 Å². The van der Waals surface area contributed by atoms with Crippen LogP contribution in [0.4, 0.5) is 4.39 Å². The predicted octanol–water partition coefficient (Wildman–Crippen LogP) is 2.47. The van der Waals surface area contributed by atoms with E-state index in [1.54, 1.807) is 0 Å². The van der Waals surface area contributed by atoms with Crippen molar-refractivity contribution >= 4 is 23.4 Å². The molecule has 0 radical (unpaired) electrons. The van der Waals surface area contributed by atoms with Crippen LogP contribution in [0.3, 0.4) is 0 Å². The van der Waals surface area contributed by atoms with Gasteiger partial charge in [-0.25, -0.2) is 4.39 Å². The van der Waals surface area contributed by atoms with Gasteiger partial charge in [0.25, 0.3) is 5.91 Å².